The molecule has 3 N–H and O–H groups in total. The Kier molecular flexibility index (Phi) is 4.51. The van der Waals surface area contributed by atoms with E-state index >= 15 is 0 Å². The second-order valence-electron chi connectivity index (χ2n) is 6.03. The molecule has 0 amide bonds. The van der Waals surface area contributed by atoms with Crippen molar-refractivity contribution >= 4 is 0 Å². The van der Waals surface area contributed by atoms with Gasteiger partial charge < -0.3 is 15.6 Å². The van der Waals surface area contributed by atoms with Crippen LogP contribution in [0.5, 0.6) is 0 Å². The van der Waals surface area contributed by atoms with Crippen molar-refractivity contribution in [2.45, 2.75) is 63.6 Å². The highest BCUT2D eigenvalue weighted by Crippen LogP contribution is 2.30. The van der Waals surface area contributed by atoms with Gasteiger partial charge in [-0.2, -0.15) is 0 Å². The highest BCUT2D eigenvalue weighted by Gasteiger charge is 2.32. The van der Waals surface area contributed by atoms with Gasteiger partial charge >= 0.3 is 0 Å². The molecule has 4 nitrogen and oxygen atoms in total. The van der Waals surface area contributed by atoms with E-state index in [1.165, 1.54) is 51.5 Å². The number of aromatic amines is 1. The third-order valence-electron chi connectivity index (χ3n) is 4.77. The molecule has 2 fully saturated rings. The van der Waals surface area contributed by atoms with Crippen LogP contribution in [0.3, 0.4) is 0 Å². The average molecular weight is 262 g/mol. The maximum atomic E-state index is 4.30. The van der Waals surface area contributed by atoms with Gasteiger partial charge in [0, 0.05) is 24.5 Å². The number of aromatic nitrogens is 2. The first-order valence-corrected chi connectivity index (χ1v) is 7.88. The van der Waals surface area contributed by atoms with Crippen LogP contribution in [0.2, 0.25) is 0 Å². The largest absolute Gasteiger partial charge is 0.348 e. The molecule has 0 aromatic carbocycles. The highest BCUT2D eigenvalue weighted by molar-refractivity contribution is 4.93. The molecule has 106 valence electrons. The van der Waals surface area contributed by atoms with Crippen LogP contribution in [-0.2, 0) is 6.54 Å². The Balaban J connectivity index is 1.56. The van der Waals surface area contributed by atoms with Crippen LogP contribution in [0.4, 0.5) is 0 Å². The maximum absolute atomic E-state index is 4.30. The SMILES string of the molecule is c1c[nH]c(CNC2CCCCC2C2CCCCN2)n1. The Hall–Kier alpha value is -0.870. The Morgan fingerprint density at radius 1 is 1.16 bits per heavy atom. The van der Waals surface area contributed by atoms with Crippen LogP contribution in [0, 0.1) is 5.92 Å². The Bertz CT molecular complexity index is 356. The van der Waals surface area contributed by atoms with Gasteiger partial charge in [0.05, 0.1) is 6.54 Å². The standard InChI is InChI=1S/C15H26N4/c1-2-6-14(19-11-15-17-9-10-18-15)12(5-1)13-7-3-4-8-16-13/h9-10,12-14,16,19H,1-8,11H2,(H,17,18). The van der Waals surface area contributed by atoms with Gasteiger partial charge in [0.15, 0.2) is 0 Å². The molecule has 3 atom stereocenters. The minimum Gasteiger partial charge on any atom is -0.348 e. The van der Waals surface area contributed by atoms with E-state index in [4.69, 9.17) is 0 Å². The van der Waals surface area contributed by atoms with Crippen LogP contribution in [0.25, 0.3) is 0 Å². The van der Waals surface area contributed by atoms with Crippen molar-refractivity contribution in [2.75, 3.05) is 6.54 Å². The van der Waals surface area contributed by atoms with Gasteiger partial charge in [-0.1, -0.05) is 19.3 Å². The summed E-state index contributed by atoms with van der Waals surface area (Å²) in [5.41, 5.74) is 0. The van der Waals surface area contributed by atoms with Crippen LogP contribution in [0.15, 0.2) is 12.4 Å². The molecule has 0 spiro atoms. The first-order chi connectivity index (χ1) is 9.43. The number of hydrogen-bond acceptors (Lipinski definition) is 3. The van der Waals surface area contributed by atoms with Crippen LogP contribution in [0.1, 0.15) is 50.8 Å². The Morgan fingerprint density at radius 2 is 2.05 bits per heavy atom. The molecule has 1 saturated carbocycles. The number of H-pyrrole nitrogens is 1. The highest BCUT2D eigenvalue weighted by atomic mass is 15.0. The van der Waals surface area contributed by atoms with Crippen LogP contribution < -0.4 is 10.6 Å². The van der Waals surface area contributed by atoms with Crippen molar-refractivity contribution in [1.82, 2.24) is 20.6 Å². The zero-order valence-electron chi connectivity index (χ0n) is 11.7. The van der Waals surface area contributed by atoms with Gasteiger partial charge in [0.1, 0.15) is 5.82 Å². The predicted octanol–water partition coefficient (Wildman–Crippen LogP) is 2.20. The van der Waals surface area contributed by atoms with Crippen molar-refractivity contribution in [3.63, 3.8) is 0 Å². The number of rotatable bonds is 4. The smallest absolute Gasteiger partial charge is 0.120 e. The normalized spacial score (nSPS) is 32.3. The molecule has 19 heavy (non-hydrogen) atoms. The summed E-state index contributed by atoms with van der Waals surface area (Å²) in [5.74, 6) is 1.87. The van der Waals surface area contributed by atoms with Gasteiger partial charge in [-0.25, -0.2) is 4.98 Å². The van der Waals surface area contributed by atoms with E-state index in [0.29, 0.717) is 6.04 Å². The summed E-state index contributed by atoms with van der Waals surface area (Å²) in [4.78, 5) is 7.49. The zero-order chi connectivity index (χ0) is 12.9. The maximum Gasteiger partial charge on any atom is 0.120 e. The fourth-order valence-electron chi connectivity index (χ4n) is 3.76. The average Bonchev–Trinajstić information content (AvgIpc) is 3.00. The number of nitrogens with one attached hydrogen (secondary N) is 3. The molecule has 2 aliphatic rings. The fourth-order valence-corrected chi connectivity index (χ4v) is 3.76. The summed E-state index contributed by atoms with van der Waals surface area (Å²) in [6.45, 7) is 2.09. The van der Waals surface area contributed by atoms with E-state index in [9.17, 15) is 0 Å². The van der Waals surface area contributed by atoms with Gasteiger partial charge in [-0.05, 0) is 38.1 Å². The first-order valence-electron chi connectivity index (χ1n) is 7.88. The third kappa shape index (κ3) is 3.37. The molecule has 0 bridgehead atoms. The Labute approximate surface area is 115 Å². The van der Waals surface area contributed by atoms with E-state index < -0.39 is 0 Å². The summed E-state index contributed by atoms with van der Waals surface area (Å²) in [6.07, 6.45) is 13.3. The van der Waals surface area contributed by atoms with Gasteiger partial charge in [0.25, 0.3) is 0 Å². The second-order valence-corrected chi connectivity index (χ2v) is 6.03. The predicted molar refractivity (Wildman–Crippen MR) is 76.8 cm³/mol. The van der Waals surface area contributed by atoms with Crippen molar-refractivity contribution < 1.29 is 0 Å². The van der Waals surface area contributed by atoms with E-state index in [1.807, 2.05) is 12.4 Å². The molecular formula is C15H26N4. The van der Waals surface area contributed by atoms with Crippen LogP contribution in [-0.4, -0.2) is 28.6 Å². The molecule has 1 aromatic rings. The van der Waals surface area contributed by atoms with E-state index in [2.05, 4.69) is 20.6 Å². The number of nitrogens with zero attached hydrogens (tertiary/aromatic N) is 1. The first kappa shape index (κ1) is 13.1. The third-order valence-corrected chi connectivity index (χ3v) is 4.77. The lowest BCUT2D eigenvalue weighted by atomic mass is 9.77. The zero-order valence-corrected chi connectivity index (χ0v) is 11.7. The molecule has 3 unspecified atom stereocenters. The summed E-state index contributed by atoms with van der Waals surface area (Å²) in [7, 11) is 0. The molecule has 3 rings (SSSR count). The van der Waals surface area contributed by atoms with Crippen LogP contribution >= 0.6 is 0 Å². The minimum atomic E-state index is 0.662. The monoisotopic (exact) mass is 262 g/mol. The summed E-state index contributed by atoms with van der Waals surface area (Å²) in [6, 6.07) is 1.40. The molecule has 1 saturated heterocycles. The van der Waals surface area contributed by atoms with Gasteiger partial charge in [0.2, 0.25) is 0 Å². The molecule has 1 aliphatic heterocycles. The van der Waals surface area contributed by atoms with Crippen molar-refractivity contribution in [1.29, 1.82) is 0 Å². The molecule has 4 heteroatoms. The lowest BCUT2D eigenvalue weighted by Gasteiger charge is -2.39. The summed E-state index contributed by atoms with van der Waals surface area (Å²) >= 11 is 0. The molecule has 2 heterocycles. The van der Waals surface area contributed by atoms with E-state index in [-0.39, 0.29) is 0 Å². The van der Waals surface area contributed by atoms with Crippen molar-refractivity contribution in [3.8, 4) is 0 Å². The van der Waals surface area contributed by atoms with Gasteiger partial charge in [-0.15, -0.1) is 0 Å². The van der Waals surface area contributed by atoms with E-state index in [1.54, 1.807) is 0 Å². The lowest BCUT2D eigenvalue weighted by molar-refractivity contribution is 0.180. The fraction of sp³-hybridized carbons (Fsp3) is 0.800. The molecule has 1 aromatic heterocycles. The summed E-state index contributed by atoms with van der Waals surface area (Å²) in [5, 5.41) is 7.49. The topological polar surface area (TPSA) is 52.7 Å². The number of hydrogen-bond donors (Lipinski definition) is 3. The lowest BCUT2D eigenvalue weighted by Crippen LogP contribution is -2.50. The number of piperidine rings is 1. The second kappa shape index (κ2) is 6.53. The number of imidazole rings is 1. The Morgan fingerprint density at radius 3 is 2.84 bits per heavy atom. The van der Waals surface area contributed by atoms with Gasteiger partial charge in [-0.3, -0.25) is 0 Å². The van der Waals surface area contributed by atoms with E-state index in [0.717, 1.165) is 24.3 Å². The molecule has 1 aliphatic carbocycles. The quantitative estimate of drug-likeness (QED) is 0.780. The molecule has 0 radical (unpaired) electrons. The minimum absolute atomic E-state index is 0.662. The summed E-state index contributed by atoms with van der Waals surface area (Å²) < 4.78 is 0. The van der Waals surface area contributed by atoms with Crippen molar-refractivity contribution in [3.05, 3.63) is 18.2 Å². The molecular weight excluding hydrogens is 236 g/mol. The van der Waals surface area contributed by atoms with Crippen molar-refractivity contribution in [2.24, 2.45) is 5.92 Å².